The molecule has 1 aliphatic rings. The Kier molecular flexibility index (Phi) is 7.78. The summed E-state index contributed by atoms with van der Waals surface area (Å²) in [6, 6.07) is 22.4. The van der Waals surface area contributed by atoms with E-state index in [2.05, 4.69) is 19.2 Å². The van der Waals surface area contributed by atoms with Crippen LogP contribution in [0.1, 0.15) is 51.6 Å². The first-order valence-electron chi connectivity index (χ1n) is 12.6. The molecule has 1 N–H and O–H groups in total. The standard InChI is InChI=1S/C29H34N2O5S/c1-5-29(6-2)20-26(25-14-10-11-15-27(25)36-29)30-28(32)21(3)31(37(4,33)34)22-16-18-24(19-17-22)35-23-12-8-7-9-13-23/h7-19,21,26H,5-6,20H2,1-4H3,(H,30,32)/t21-,26-/m0/s1. The van der Waals surface area contributed by atoms with Gasteiger partial charge in [0.05, 0.1) is 18.0 Å². The maximum absolute atomic E-state index is 13.5. The SMILES string of the molecule is CCC1(CC)C[C@H](NC(=O)[C@H](C)N(c2ccc(Oc3ccccc3)cc2)S(C)(=O)=O)c2ccccc2O1. The van der Waals surface area contributed by atoms with Gasteiger partial charge in [0.2, 0.25) is 15.9 Å². The smallest absolute Gasteiger partial charge is 0.244 e. The van der Waals surface area contributed by atoms with Crippen LogP contribution < -0.4 is 19.1 Å². The lowest BCUT2D eigenvalue weighted by molar-refractivity contribution is -0.123. The van der Waals surface area contributed by atoms with E-state index in [0.717, 1.165) is 34.7 Å². The summed E-state index contributed by atoms with van der Waals surface area (Å²) >= 11 is 0. The molecule has 0 spiro atoms. The van der Waals surface area contributed by atoms with Crippen LogP contribution in [0.2, 0.25) is 0 Å². The van der Waals surface area contributed by atoms with Crippen LogP contribution >= 0.6 is 0 Å². The molecular formula is C29H34N2O5S. The molecule has 1 heterocycles. The second kappa shape index (κ2) is 10.8. The Morgan fingerprint density at radius 2 is 1.59 bits per heavy atom. The summed E-state index contributed by atoms with van der Waals surface area (Å²) in [5.74, 6) is 1.62. The van der Waals surface area contributed by atoms with Gasteiger partial charge in [-0.25, -0.2) is 8.42 Å². The fourth-order valence-corrected chi connectivity index (χ4v) is 5.99. The van der Waals surface area contributed by atoms with Crippen molar-refractivity contribution in [2.75, 3.05) is 10.6 Å². The van der Waals surface area contributed by atoms with Crippen LogP contribution in [-0.4, -0.2) is 32.2 Å². The number of ether oxygens (including phenoxy) is 2. The molecule has 0 fully saturated rings. The number of hydrogen-bond acceptors (Lipinski definition) is 5. The van der Waals surface area contributed by atoms with E-state index in [4.69, 9.17) is 9.47 Å². The van der Waals surface area contributed by atoms with Gasteiger partial charge in [0.25, 0.3) is 0 Å². The summed E-state index contributed by atoms with van der Waals surface area (Å²) in [4.78, 5) is 13.5. The van der Waals surface area contributed by atoms with Gasteiger partial charge in [-0.15, -0.1) is 0 Å². The van der Waals surface area contributed by atoms with Crippen LogP contribution in [0.15, 0.2) is 78.9 Å². The highest BCUT2D eigenvalue weighted by Crippen LogP contribution is 2.42. The average molecular weight is 523 g/mol. The monoisotopic (exact) mass is 522 g/mol. The molecule has 0 radical (unpaired) electrons. The summed E-state index contributed by atoms with van der Waals surface area (Å²) in [7, 11) is -3.76. The van der Waals surface area contributed by atoms with Crippen molar-refractivity contribution in [3.63, 3.8) is 0 Å². The van der Waals surface area contributed by atoms with Gasteiger partial charge in [-0.05, 0) is 62.2 Å². The second-order valence-corrected chi connectivity index (χ2v) is 11.3. The third-order valence-corrected chi connectivity index (χ3v) is 8.20. The molecule has 3 aromatic carbocycles. The van der Waals surface area contributed by atoms with Crippen molar-refractivity contribution < 1.29 is 22.7 Å². The van der Waals surface area contributed by atoms with Crippen LogP contribution in [0.3, 0.4) is 0 Å². The van der Waals surface area contributed by atoms with Gasteiger partial charge in [0.1, 0.15) is 28.9 Å². The first-order valence-corrected chi connectivity index (χ1v) is 14.4. The van der Waals surface area contributed by atoms with Crippen LogP contribution in [0.4, 0.5) is 5.69 Å². The fourth-order valence-electron chi connectivity index (χ4n) is 4.82. The summed E-state index contributed by atoms with van der Waals surface area (Å²) in [5.41, 5.74) is 0.893. The summed E-state index contributed by atoms with van der Waals surface area (Å²) in [5, 5.41) is 3.11. The predicted octanol–water partition coefficient (Wildman–Crippen LogP) is 5.83. The van der Waals surface area contributed by atoms with Crippen molar-refractivity contribution in [1.29, 1.82) is 0 Å². The lowest BCUT2D eigenvalue weighted by atomic mass is 9.83. The average Bonchev–Trinajstić information content (AvgIpc) is 2.89. The van der Waals surface area contributed by atoms with Crippen molar-refractivity contribution >= 4 is 21.6 Å². The van der Waals surface area contributed by atoms with Crippen LogP contribution in [0.5, 0.6) is 17.2 Å². The number of para-hydroxylation sites is 2. The number of hydrogen-bond donors (Lipinski definition) is 1. The first kappa shape index (κ1) is 26.5. The Bertz CT molecular complexity index is 1320. The van der Waals surface area contributed by atoms with Crippen molar-refractivity contribution in [2.45, 2.75) is 57.7 Å². The van der Waals surface area contributed by atoms with Gasteiger partial charge in [0.15, 0.2) is 0 Å². The molecule has 7 nitrogen and oxygen atoms in total. The quantitative estimate of drug-likeness (QED) is 0.382. The van der Waals surface area contributed by atoms with Gasteiger partial charge >= 0.3 is 0 Å². The fraction of sp³-hybridized carbons (Fsp3) is 0.345. The van der Waals surface area contributed by atoms with Gasteiger partial charge in [-0.2, -0.15) is 0 Å². The zero-order valence-electron chi connectivity index (χ0n) is 21.7. The third kappa shape index (κ3) is 5.91. The number of rotatable bonds is 9. The number of nitrogens with zero attached hydrogens (tertiary/aromatic N) is 1. The van der Waals surface area contributed by atoms with E-state index in [0.29, 0.717) is 23.6 Å². The number of fused-ring (bicyclic) bond motifs is 1. The summed E-state index contributed by atoms with van der Waals surface area (Å²) in [6.45, 7) is 5.76. The molecule has 1 aliphatic heterocycles. The van der Waals surface area contributed by atoms with E-state index < -0.39 is 16.1 Å². The molecule has 3 aromatic rings. The molecule has 196 valence electrons. The normalized spacial score (nSPS) is 17.1. The Labute approximate surface area is 219 Å². The minimum absolute atomic E-state index is 0.289. The molecule has 0 aliphatic carbocycles. The molecule has 37 heavy (non-hydrogen) atoms. The molecule has 4 rings (SSSR count). The highest BCUT2D eigenvalue weighted by atomic mass is 32.2. The zero-order chi connectivity index (χ0) is 26.6. The number of carbonyl (C=O) groups is 1. The van der Waals surface area contributed by atoms with E-state index in [-0.39, 0.29) is 17.6 Å². The number of amides is 1. The highest BCUT2D eigenvalue weighted by Gasteiger charge is 2.40. The Morgan fingerprint density at radius 1 is 1.00 bits per heavy atom. The molecule has 1 amide bonds. The van der Waals surface area contributed by atoms with Crippen molar-refractivity contribution in [2.24, 2.45) is 0 Å². The molecule has 8 heteroatoms. The van der Waals surface area contributed by atoms with Crippen LogP contribution in [-0.2, 0) is 14.8 Å². The van der Waals surface area contributed by atoms with E-state index >= 15 is 0 Å². The van der Waals surface area contributed by atoms with Gasteiger partial charge in [0, 0.05) is 12.0 Å². The number of benzene rings is 3. The molecule has 0 saturated carbocycles. The largest absolute Gasteiger partial charge is 0.487 e. The first-order chi connectivity index (χ1) is 17.7. The number of carbonyl (C=O) groups excluding carboxylic acids is 1. The number of nitrogens with one attached hydrogen (secondary N) is 1. The molecule has 0 saturated heterocycles. The van der Waals surface area contributed by atoms with E-state index in [1.807, 2.05) is 54.6 Å². The summed E-state index contributed by atoms with van der Waals surface area (Å²) < 4.78 is 39.0. The van der Waals surface area contributed by atoms with Crippen molar-refractivity contribution in [3.8, 4) is 17.2 Å². The Hall–Kier alpha value is -3.52. The zero-order valence-corrected chi connectivity index (χ0v) is 22.5. The Morgan fingerprint density at radius 3 is 2.22 bits per heavy atom. The van der Waals surface area contributed by atoms with Gasteiger partial charge in [-0.1, -0.05) is 50.2 Å². The predicted molar refractivity (Wildman–Crippen MR) is 146 cm³/mol. The number of anilines is 1. The molecular weight excluding hydrogens is 488 g/mol. The maximum atomic E-state index is 13.5. The van der Waals surface area contributed by atoms with Crippen LogP contribution in [0, 0.1) is 0 Å². The molecule has 0 bridgehead atoms. The lowest BCUT2D eigenvalue weighted by Gasteiger charge is -2.42. The van der Waals surface area contributed by atoms with E-state index in [1.54, 1.807) is 31.2 Å². The van der Waals surface area contributed by atoms with E-state index in [1.165, 1.54) is 0 Å². The van der Waals surface area contributed by atoms with Crippen molar-refractivity contribution in [3.05, 3.63) is 84.4 Å². The van der Waals surface area contributed by atoms with Crippen LogP contribution in [0.25, 0.3) is 0 Å². The molecule has 0 aromatic heterocycles. The van der Waals surface area contributed by atoms with Crippen molar-refractivity contribution in [1.82, 2.24) is 5.32 Å². The second-order valence-electron chi connectivity index (χ2n) is 9.44. The minimum Gasteiger partial charge on any atom is -0.487 e. The van der Waals surface area contributed by atoms with E-state index in [9.17, 15) is 13.2 Å². The molecule has 2 atom stereocenters. The van der Waals surface area contributed by atoms with Gasteiger partial charge < -0.3 is 14.8 Å². The van der Waals surface area contributed by atoms with Gasteiger partial charge in [-0.3, -0.25) is 9.10 Å². The number of sulfonamides is 1. The topological polar surface area (TPSA) is 84.9 Å². The lowest BCUT2D eigenvalue weighted by Crippen LogP contribution is -2.51. The molecule has 0 unspecified atom stereocenters. The summed E-state index contributed by atoms with van der Waals surface area (Å²) in [6.07, 6.45) is 3.31. The third-order valence-electron chi connectivity index (χ3n) is 6.96. The highest BCUT2D eigenvalue weighted by molar-refractivity contribution is 7.92. The minimum atomic E-state index is -3.76. The maximum Gasteiger partial charge on any atom is 0.244 e. The Balaban J connectivity index is 1.56.